The highest BCUT2D eigenvalue weighted by Gasteiger charge is 2.33. The Hall–Kier alpha value is -3.19. The third-order valence-corrected chi connectivity index (χ3v) is 6.51. The second-order valence-electron chi connectivity index (χ2n) is 8.65. The van der Waals surface area contributed by atoms with Gasteiger partial charge in [-0.1, -0.05) is 12.1 Å². The average molecular weight is 434 g/mol. The second-order valence-corrected chi connectivity index (χ2v) is 8.65. The molecule has 7 nitrogen and oxygen atoms in total. The number of carbonyl (C=O) groups is 2. The van der Waals surface area contributed by atoms with E-state index in [0.29, 0.717) is 18.1 Å². The van der Waals surface area contributed by atoms with E-state index >= 15 is 0 Å². The molecule has 2 amide bonds. The van der Waals surface area contributed by atoms with E-state index in [1.807, 2.05) is 55.6 Å². The molecule has 2 fully saturated rings. The molecular formula is C25H27N3O4. The first-order valence-electron chi connectivity index (χ1n) is 11.2. The van der Waals surface area contributed by atoms with Gasteiger partial charge in [0.2, 0.25) is 11.8 Å². The summed E-state index contributed by atoms with van der Waals surface area (Å²) in [7, 11) is 1.84. The van der Waals surface area contributed by atoms with Crippen LogP contribution in [-0.4, -0.2) is 53.5 Å². The number of nitrogens with one attached hydrogen (secondary N) is 1. The number of hydrogen-bond donors (Lipinski definition) is 1. The van der Waals surface area contributed by atoms with Gasteiger partial charge in [0.25, 0.3) is 5.91 Å². The lowest BCUT2D eigenvalue weighted by atomic mass is 10.1. The fourth-order valence-electron chi connectivity index (χ4n) is 4.64. The summed E-state index contributed by atoms with van der Waals surface area (Å²) in [5.74, 6) is 0.501. The van der Waals surface area contributed by atoms with Gasteiger partial charge in [-0.2, -0.15) is 0 Å². The summed E-state index contributed by atoms with van der Waals surface area (Å²) in [4.78, 5) is 31.7. The van der Waals surface area contributed by atoms with Crippen LogP contribution in [0.1, 0.15) is 42.5 Å². The summed E-state index contributed by atoms with van der Waals surface area (Å²) in [6.45, 7) is 0.661. The molecular weight excluding hydrogens is 406 g/mol. The molecule has 166 valence electrons. The molecule has 1 N–H and O–H groups in total. The van der Waals surface area contributed by atoms with Crippen LogP contribution in [0.25, 0.3) is 22.6 Å². The van der Waals surface area contributed by atoms with Gasteiger partial charge in [-0.05, 0) is 68.5 Å². The van der Waals surface area contributed by atoms with Crippen molar-refractivity contribution in [2.24, 2.45) is 0 Å². The molecule has 3 aromatic rings. The highest BCUT2D eigenvalue weighted by atomic mass is 16.5. The van der Waals surface area contributed by atoms with E-state index in [4.69, 9.17) is 9.15 Å². The normalized spacial score (nSPS) is 22.8. The SMILES string of the molecule is CN(C(=O)c1ccc(-c2nc3ccccc3o2)cc1)[C@@H]1CCC(NC(=O)[C@@H]2CCCO2)C1. The summed E-state index contributed by atoms with van der Waals surface area (Å²) in [6.07, 6.45) is 3.93. The monoisotopic (exact) mass is 433 g/mol. The number of oxazole rings is 1. The van der Waals surface area contributed by atoms with E-state index in [-0.39, 0.29) is 30.0 Å². The second kappa shape index (κ2) is 8.74. The molecule has 0 radical (unpaired) electrons. The van der Waals surface area contributed by atoms with Gasteiger partial charge in [0.05, 0.1) is 0 Å². The van der Waals surface area contributed by atoms with Crippen molar-refractivity contribution in [1.82, 2.24) is 15.2 Å². The van der Waals surface area contributed by atoms with Crippen molar-refractivity contribution < 1.29 is 18.7 Å². The van der Waals surface area contributed by atoms with Crippen molar-refractivity contribution in [3.63, 3.8) is 0 Å². The fraction of sp³-hybridized carbons (Fsp3) is 0.400. The molecule has 1 saturated carbocycles. The quantitative estimate of drug-likeness (QED) is 0.662. The zero-order valence-corrected chi connectivity index (χ0v) is 18.1. The van der Waals surface area contributed by atoms with Crippen molar-refractivity contribution in [3.8, 4) is 11.5 Å². The van der Waals surface area contributed by atoms with Gasteiger partial charge in [0.15, 0.2) is 5.58 Å². The number of amides is 2. The molecule has 32 heavy (non-hydrogen) atoms. The molecule has 1 aliphatic carbocycles. The lowest BCUT2D eigenvalue weighted by molar-refractivity contribution is -0.130. The van der Waals surface area contributed by atoms with Crippen molar-refractivity contribution in [1.29, 1.82) is 0 Å². The van der Waals surface area contributed by atoms with Gasteiger partial charge < -0.3 is 19.4 Å². The highest BCUT2D eigenvalue weighted by Crippen LogP contribution is 2.27. The van der Waals surface area contributed by atoms with Crippen molar-refractivity contribution >= 4 is 22.9 Å². The largest absolute Gasteiger partial charge is 0.436 e. The topological polar surface area (TPSA) is 84.7 Å². The number of hydrogen-bond acceptors (Lipinski definition) is 5. The lowest BCUT2D eigenvalue weighted by Gasteiger charge is -2.25. The summed E-state index contributed by atoms with van der Waals surface area (Å²) >= 11 is 0. The smallest absolute Gasteiger partial charge is 0.253 e. The number of aromatic nitrogens is 1. The molecule has 2 heterocycles. The number of carbonyl (C=O) groups excluding carboxylic acids is 2. The number of para-hydroxylation sites is 2. The van der Waals surface area contributed by atoms with Crippen LogP contribution in [0.5, 0.6) is 0 Å². The van der Waals surface area contributed by atoms with Gasteiger partial charge >= 0.3 is 0 Å². The third kappa shape index (κ3) is 4.12. The lowest BCUT2D eigenvalue weighted by Crippen LogP contribution is -2.41. The van der Waals surface area contributed by atoms with Crippen LogP contribution in [-0.2, 0) is 9.53 Å². The maximum Gasteiger partial charge on any atom is 0.253 e. The first-order chi connectivity index (χ1) is 15.6. The molecule has 2 aliphatic rings. The van der Waals surface area contributed by atoms with Gasteiger partial charge in [-0.15, -0.1) is 0 Å². The van der Waals surface area contributed by atoms with Crippen molar-refractivity contribution in [2.75, 3.05) is 13.7 Å². The summed E-state index contributed by atoms with van der Waals surface area (Å²) in [5.41, 5.74) is 3.01. The maximum absolute atomic E-state index is 13.0. The van der Waals surface area contributed by atoms with E-state index in [1.54, 1.807) is 4.90 Å². The number of rotatable bonds is 5. The molecule has 1 aliphatic heterocycles. The number of nitrogens with zero attached hydrogens (tertiary/aromatic N) is 2. The van der Waals surface area contributed by atoms with Crippen LogP contribution < -0.4 is 5.32 Å². The van der Waals surface area contributed by atoms with Crippen molar-refractivity contribution in [2.45, 2.75) is 50.3 Å². The Morgan fingerprint density at radius 2 is 1.88 bits per heavy atom. The molecule has 5 rings (SSSR count). The Labute approximate surface area is 186 Å². The molecule has 7 heteroatoms. The molecule has 1 saturated heterocycles. The van der Waals surface area contributed by atoms with Crippen LogP contribution in [0.2, 0.25) is 0 Å². The molecule has 2 aromatic carbocycles. The maximum atomic E-state index is 13.0. The van der Waals surface area contributed by atoms with Gasteiger partial charge in [-0.25, -0.2) is 4.98 Å². The minimum Gasteiger partial charge on any atom is -0.436 e. The predicted octanol–water partition coefficient (Wildman–Crippen LogP) is 3.78. The van der Waals surface area contributed by atoms with Crippen LogP contribution in [0.15, 0.2) is 52.9 Å². The summed E-state index contributed by atoms with van der Waals surface area (Å²) < 4.78 is 11.3. The Morgan fingerprint density at radius 1 is 1.06 bits per heavy atom. The van der Waals surface area contributed by atoms with E-state index in [0.717, 1.165) is 48.8 Å². The standard InChI is InChI=1S/C25H27N3O4/c1-28(19-13-12-18(15-19)26-23(29)22-7-4-14-31-22)25(30)17-10-8-16(9-11-17)24-27-20-5-2-3-6-21(20)32-24/h2-3,5-6,8-11,18-19,22H,4,7,12-15H2,1H3,(H,26,29)/t18?,19-,22+/m1/s1. The molecule has 0 bridgehead atoms. The van der Waals surface area contributed by atoms with Crippen LogP contribution in [0, 0.1) is 0 Å². The predicted molar refractivity (Wildman–Crippen MR) is 120 cm³/mol. The molecule has 0 spiro atoms. The van der Waals surface area contributed by atoms with E-state index in [9.17, 15) is 9.59 Å². The average Bonchev–Trinajstić information content (AvgIpc) is 3.58. The molecule has 1 unspecified atom stereocenters. The van der Waals surface area contributed by atoms with Gasteiger partial charge in [-0.3, -0.25) is 9.59 Å². The zero-order valence-electron chi connectivity index (χ0n) is 18.1. The Morgan fingerprint density at radius 3 is 2.62 bits per heavy atom. The number of benzene rings is 2. The number of fused-ring (bicyclic) bond motifs is 1. The van der Waals surface area contributed by atoms with Gasteiger partial charge in [0, 0.05) is 36.9 Å². The van der Waals surface area contributed by atoms with Crippen LogP contribution in [0.3, 0.4) is 0 Å². The van der Waals surface area contributed by atoms with Crippen molar-refractivity contribution in [3.05, 3.63) is 54.1 Å². The molecule has 1 aromatic heterocycles. The van der Waals surface area contributed by atoms with E-state index < -0.39 is 0 Å². The fourth-order valence-corrected chi connectivity index (χ4v) is 4.64. The number of ether oxygens (including phenoxy) is 1. The van der Waals surface area contributed by atoms with E-state index in [1.165, 1.54) is 0 Å². The minimum absolute atomic E-state index is 0.0167. The first-order valence-corrected chi connectivity index (χ1v) is 11.2. The third-order valence-electron chi connectivity index (χ3n) is 6.51. The van der Waals surface area contributed by atoms with Gasteiger partial charge in [0.1, 0.15) is 11.6 Å². The molecule has 3 atom stereocenters. The minimum atomic E-state index is -0.312. The first kappa shape index (κ1) is 20.7. The van der Waals surface area contributed by atoms with Crippen LogP contribution in [0.4, 0.5) is 0 Å². The Kier molecular flexibility index (Phi) is 5.66. The zero-order chi connectivity index (χ0) is 22.1. The van der Waals surface area contributed by atoms with E-state index in [2.05, 4.69) is 10.3 Å². The summed E-state index contributed by atoms with van der Waals surface area (Å²) in [6, 6.07) is 15.2. The summed E-state index contributed by atoms with van der Waals surface area (Å²) in [5, 5.41) is 3.10. The Bertz CT molecular complexity index is 1080. The highest BCUT2D eigenvalue weighted by molar-refractivity contribution is 5.94. The Balaban J connectivity index is 1.20. The van der Waals surface area contributed by atoms with Crippen LogP contribution >= 0.6 is 0 Å².